The van der Waals surface area contributed by atoms with E-state index in [1.807, 2.05) is 0 Å². The van der Waals surface area contributed by atoms with E-state index in [0.29, 0.717) is 45.3 Å². The van der Waals surface area contributed by atoms with E-state index >= 15 is 0 Å². The number of hydrogen-bond acceptors (Lipinski definition) is 4. The molecule has 0 aliphatic carbocycles. The molecule has 2 aromatic heterocycles. The van der Waals surface area contributed by atoms with Crippen LogP contribution in [0.15, 0.2) is 92.4 Å². The smallest absolute Gasteiger partial charge is 0.280 e. The van der Waals surface area contributed by atoms with Crippen molar-refractivity contribution in [2.45, 2.75) is 13.8 Å². The van der Waals surface area contributed by atoms with Gasteiger partial charge in [-0.05, 0) is 80.6 Å². The molecule has 0 unspecified atom stereocenters. The summed E-state index contributed by atoms with van der Waals surface area (Å²) in [4.78, 5) is 34.6. The molecular weight excluding hydrogens is 490 g/mol. The van der Waals surface area contributed by atoms with E-state index in [-0.39, 0.29) is 22.8 Å². The van der Waals surface area contributed by atoms with Crippen molar-refractivity contribution in [2.75, 3.05) is 0 Å². The zero-order valence-electron chi connectivity index (χ0n) is 20.4. The number of aromatic amines is 2. The van der Waals surface area contributed by atoms with Crippen molar-refractivity contribution < 1.29 is 8.78 Å². The number of benzene rings is 3. The Morgan fingerprint density at radius 1 is 0.658 bits per heavy atom. The highest BCUT2D eigenvalue weighted by Gasteiger charge is 2.12. The number of H-pyrrole nitrogens is 2. The van der Waals surface area contributed by atoms with Crippen LogP contribution in [0.5, 0.6) is 0 Å². The third-order valence-electron chi connectivity index (χ3n) is 5.92. The van der Waals surface area contributed by atoms with Crippen molar-refractivity contribution in [2.24, 2.45) is 9.98 Å². The van der Waals surface area contributed by atoms with Crippen LogP contribution in [-0.4, -0.2) is 32.0 Å². The Bertz CT molecular complexity index is 1660. The van der Waals surface area contributed by atoms with Gasteiger partial charge in [0.25, 0.3) is 11.1 Å². The molecule has 0 spiro atoms. The second-order valence-corrected chi connectivity index (χ2v) is 8.57. The van der Waals surface area contributed by atoms with Gasteiger partial charge in [0.1, 0.15) is 11.6 Å². The van der Waals surface area contributed by atoms with Gasteiger partial charge in [0.2, 0.25) is 0 Å². The maximum absolute atomic E-state index is 13.2. The van der Waals surface area contributed by atoms with E-state index in [1.165, 1.54) is 70.3 Å². The van der Waals surface area contributed by atoms with Crippen LogP contribution in [0.4, 0.5) is 20.2 Å². The van der Waals surface area contributed by atoms with Crippen molar-refractivity contribution in [1.29, 1.82) is 0 Å². The van der Waals surface area contributed by atoms with Crippen molar-refractivity contribution in [1.82, 2.24) is 19.6 Å². The Balaban J connectivity index is 1.38. The van der Waals surface area contributed by atoms with Gasteiger partial charge in [-0.3, -0.25) is 29.8 Å². The number of rotatable bonds is 6. The van der Waals surface area contributed by atoms with Crippen molar-refractivity contribution in [3.05, 3.63) is 128 Å². The van der Waals surface area contributed by atoms with Gasteiger partial charge in [-0.15, -0.1) is 0 Å². The number of aliphatic imine (C=N–C) groups is 2. The van der Waals surface area contributed by atoms with Gasteiger partial charge in [0.05, 0.1) is 33.9 Å². The summed E-state index contributed by atoms with van der Waals surface area (Å²) in [7, 11) is 0. The van der Waals surface area contributed by atoms with Gasteiger partial charge in [0.15, 0.2) is 0 Å². The average molecular weight is 513 g/mol. The maximum atomic E-state index is 13.2. The molecule has 0 bridgehead atoms. The summed E-state index contributed by atoms with van der Waals surface area (Å²) in [6.45, 7) is 3.50. The molecule has 0 radical (unpaired) electrons. The van der Waals surface area contributed by atoms with Crippen LogP contribution in [0.1, 0.15) is 22.5 Å². The molecular formula is C28H22F2N6O2. The summed E-state index contributed by atoms with van der Waals surface area (Å²) in [5.74, 6) is -0.778. The van der Waals surface area contributed by atoms with Gasteiger partial charge in [0, 0.05) is 23.8 Å². The lowest BCUT2D eigenvalue weighted by Crippen LogP contribution is -2.17. The number of aryl methyl sites for hydroxylation is 2. The van der Waals surface area contributed by atoms with Crippen molar-refractivity contribution >= 4 is 23.8 Å². The molecule has 0 amide bonds. The molecule has 0 saturated carbocycles. The first kappa shape index (κ1) is 24.6. The average Bonchev–Trinajstić information content (AvgIpc) is 3.36. The first-order valence-electron chi connectivity index (χ1n) is 11.6. The van der Waals surface area contributed by atoms with E-state index in [2.05, 4.69) is 20.2 Å². The molecule has 190 valence electrons. The van der Waals surface area contributed by atoms with Crippen LogP contribution >= 0.6 is 0 Å². The molecule has 3 aromatic carbocycles. The van der Waals surface area contributed by atoms with Gasteiger partial charge >= 0.3 is 0 Å². The van der Waals surface area contributed by atoms with Crippen LogP contribution in [-0.2, 0) is 0 Å². The van der Waals surface area contributed by atoms with Crippen LogP contribution in [0.2, 0.25) is 0 Å². The highest BCUT2D eigenvalue weighted by atomic mass is 19.1. The number of nitrogens with zero attached hydrogens (tertiary/aromatic N) is 4. The van der Waals surface area contributed by atoms with Crippen LogP contribution < -0.4 is 11.1 Å². The summed E-state index contributed by atoms with van der Waals surface area (Å²) >= 11 is 0. The number of aromatic nitrogens is 4. The Morgan fingerprint density at radius 2 is 1.05 bits per heavy atom. The minimum absolute atomic E-state index is 0.313. The van der Waals surface area contributed by atoms with Crippen molar-refractivity contribution in [3.63, 3.8) is 0 Å². The predicted octanol–water partition coefficient (Wildman–Crippen LogP) is 5.04. The molecule has 38 heavy (non-hydrogen) atoms. The Labute approximate surface area is 215 Å². The fourth-order valence-corrected chi connectivity index (χ4v) is 3.90. The van der Waals surface area contributed by atoms with Gasteiger partial charge in [-0.1, -0.05) is 6.07 Å². The highest BCUT2D eigenvalue weighted by molar-refractivity contribution is 5.85. The zero-order valence-corrected chi connectivity index (χ0v) is 20.4. The molecule has 2 N–H and O–H groups in total. The molecule has 0 fully saturated rings. The monoisotopic (exact) mass is 512 g/mol. The SMILES string of the molecule is Cc1[nH]n(-c2ccc(F)cc2)c(=O)c1C=Nc1cccc(N=Cc2c(C)[nH]n(-c3ccc(F)cc3)c2=O)c1. The zero-order chi connectivity index (χ0) is 26.8. The quantitative estimate of drug-likeness (QED) is 0.312. The standard InChI is InChI=1S/C28H22F2N6O2/c1-17-25(27(37)35(33-17)23-10-6-19(29)7-11-23)15-31-21-4-3-5-22(14-21)32-16-26-18(2)34-36(28(26)38)24-12-8-20(30)9-13-24/h3-16,33-34H,1-2H3. The first-order valence-corrected chi connectivity index (χ1v) is 11.6. The topological polar surface area (TPSA) is 100 Å². The summed E-state index contributed by atoms with van der Waals surface area (Å²) < 4.78 is 29.1. The van der Waals surface area contributed by atoms with Gasteiger partial charge in [-0.2, -0.15) is 0 Å². The molecule has 2 heterocycles. The molecule has 5 aromatic rings. The minimum Gasteiger partial charge on any atom is -0.295 e. The predicted molar refractivity (Wildman–Crippen MR) is 143 cm³/mol. The minimum atomic E-state index is -0.389. The summed E-state index contributed by atoms with van der Waals surface area (Å²) in [6.07, 6.45) is 2.93. The van der Waals surface area contributed by atoms with E-state index in [9.17, 15) is 18.4 Å². The molecule has 10 heteroatoms. The Hall–Kier alpha value is -5.12. The second-order valence-electron chi connectivity index (χ2n) is 8.57. The third kappa shape index (κ3) is 4.92. The maximum Gasteiger partial charge on any atom is 0.280 e. The third-order valence-corrected chi connectivity index (χ3v) is 5.92. The van der Waals surface area contributed by atoms with Crippen LogP contribution in [0.25, 0.3) is 11.4 Å². The fraction of sp³-hybridized carbons (Fsp3) is 0.0714. The molecule has 0 atom stereocenters. The molecule has 0 aliphatic heterocycles. The van der Waals surface area contributed by atoms with E-state index < -0.39 is 0 Å². The van der Waals surface area contributed by atoms with Crippen LogP contribution in [0, 0.1) is 25.5 Å². The van der Waals surface area contributed by atoms with Gasteiger partial charge < -0.3 is 0 Å². The summed E-state index contributed by atoms with van der Waals surface area (Å²) in [5, 5.41) is 5.95. The lowest BCUT2D eigenvalue weighted by Gasteiger charge is -2.00. The molecule has 5 rings (SSSR count). The largest absolute Gasteiger partial charge is 0.295 e. The number of hydrogen-bond donors (Lipinski definition) is 2. The lowest BCUT2D eigenvalue weighted by atomic mass is 10.2. The van der Waals surface area contributed by atoms with Crippen molar-refractivity contribution in [3.8, 4) is 11.4 Å². The van der Waals surface area contributed by atoms with Gasteiger partial charge in [-0.25, -0.2) is 18.1 Å². The van der Waals surface area contributed by atoms with Crippen LogP contribution in [0.3, 0.4) is 0 Å². The lowest BCUT2D eigenvalue weighted by molar-refractivity contribution is 0.626. The summed E-state index contributed by atoms with van der Waals surface area (Å²) in [6, 6.07) is 18.2. The fourth-order valence-electron chi connectivity index (χ4n) is 3.90. The number of nitrogens with one attached hydrogen (secondary N) is 2. The second kappa shape index (κ2) is 10.1. The normalized spacial score (nSPS) is 11.7. The molecule has 0 saturated heterocycles. The Kier molecular flexibility index (Phi) is 6.53. The first-order chi connectivity index (χ1) is 18.3. The molecule has 0 aliphatic rings. The van der Waals surface area contributed by atoms with E-state index in [1.54, 1.807) is 38.1 Å². The Morgan fingerprint density at radius 3 is 1.45 bits per heavy atom. The van der Waals surface area contributed by atoms with E-state index in [0.717, 1.165) is 0 Å². The van der Waals surface area contributed by atoms with E-state index in [4.69, 9.17) is 0 Å². The number of halogens is 2. The highest BCUT2D eigenvalue weighted by Crippen LogP contribution is 2.21. The molecule has 8 nitrogen and oxygen atoms in total. The summed E-state index contributed by atoms with van der Waals surface area (Å²) in [5.41, 5.74) is 3.46.